The molecule has 2 heterocycles. The quantitative estimate of drug-likeness (QED) is 0.764. The smallest absolute Gasteiger partial charge is 0.222 e. The largest absolute Gasteiger partial charge is 0.376 e. The molecule has 92 valence electrons. The highest BCUT2D eigenvalue weighted by molar-refractivity contribution is 5.76. The fourth-order valence-corrected chi connectivity index (χ4v) is 2.49. The second-order valence-corrected chi connectivity index (χ2v) is 4.97. The van der Waals surface area contributed by atoms with Crippen molar-refractivity contribution in [2.45, 2.75) is 31.8 Å². The van der Waals surface area contributed by atoms with Crippen LogP contribution < -0.4 is 5.32 Å². The molecule has 16 heavy (non-hydrogen) atoms. The molecule has 0 aromatic rings. The van der Waals surface area contributed by atoms with Crippen molar-refractivity contribution in [1.82, 2.24) is 10.2 Å². The van der Waals surface area contributed by atoms with E-state index in [1.54, 1.807) is 0 Å². The number of hydrogen-bond donors (Lipinski definition) is 1. The van der Waals surface area contributed by atoms with E-state index in [4.69, 9.17) is 4.74 Å². The van der Waals surface area contributed by atoms with Crippen LogP contribution in [-0.2, 0) is 9.53 Å². The Kier molecular flexibility index (Phi) is 4.18. The Balaban J connectivity index is 1.70. The van der Waals surface area contributed by atoms with Crippen LogP contribution in [0.5, 0.6) is 0 Å². The van der Waals surface area contributed by atoms with Gasteiger partial charge in [-0.3, -0.25) is 4.79 Å². The average molecular weight is 226 g/mol. The van der Waals surface area contributed by atoms with E-state index in [2.05, 4.69) is 5.32 Å². The molecule has 0 bridgehead atoms. The van der Waals surface area contributed by atoms with Crippen molar-refractivity contribution >= 4 is 5.91 Å². The van der Waals surface area contributed by atoms with E-state index in [9.17, 15) is 4.79 Å². The van der Waals surface area contributed by atoms with Crippen LogP contribution >= 0.6 is 0 Å². The predicted octanol–water partition coefficient (Wildman–Crippen LogP) is 0.623. The van der Waals surface area contributed by atoms with E-state index in [1.165, 1.54) is 0 Å². The van der Waals surface area contributed by atoms with Gasteiger partial charge in [-0.1, -0.05) is 0 Å². The van der Waals surface area contributed by atoms with Gasteiger partial charge in [0, 0.05) is 26.6 Å². The number of carbonyl (C=O) groups is 1. The molecule has 0 aromatic carbocycles. The number of amides is 1. The summed E-state index contributed by atoms with van der Waals surface area (Å²) in [5.41, 5.74) is 0. The molecule has 2 aliphatic rings. The summed E-state index contributed by atoms with van der Waals surface area (Å²) in [5.74, 6) is 0.809. The Hall–Kier alpha value is -0.610. The van der Waals surface area contributed by atoms with Crippen LogP contribution in [0.4, 0.5) is 0 Å². The summed E-state index contributed by atoms with van der Waals surface area (Å²) in [4.78, 5) is 13.8. The molecule has 2 fully saturated rings. The maximum Gasteiger partial charge on any atom is 0.222 e. The van der Waals surface area contributed by atoms with Crippen LogP contribution in [-0.4, -0.2) is 50.2 Å². The predicted molar refractivity (Wildman–Crippen MR) is 62.2 cm³/mol. The van der Waals surface area contributed by atoms with E-state index < -0.39 is 0 Å². The summed E-state index contributed by atoms with van der Waals surface area (Å²) in [7, 11) is 1.90. The molecule has 0 spiro atoms. The summed E-state index contributed by atoms with van der Waals surface area (Å²) in [6.07, 6.45) is 4.34. The minimum Gasteiger partial charge on any atom is -0.376 e. The first-order valence-corrected chi connectivity index (χ1v) is 6.32. The Morgan fingerprint density at radius 1 is 1.50 bits per heavy atom. The fraction of sp³-hybridized carbons (Fsp3) is 0.917. The highest BCUT2D eigenvalue weighted by Crippen LogP contribution is 2.16. The number of nitrogens with zero attached hydrogens (tertiary/aromatic N) is 1. The van der Waals surface area contributed by atoms with Gasteiger partial charge < -0.3 is 15.0 Å². The highest BCUT2D eigenvalue weighted by atomic mass is 16.5. The van der Waals surface area contributed by atoms with Gasteiger partial charge in [-0.2, -0.15) is 0 Å². The zero-order chi connectivity index (χ0) is 11.4. The lowest BCUT2D eigenvalue weighted by atomic mass is 10.0. The third kappa shape index (κ3) is 3.19. The third-order valence-electron chi connectivity index (χ3n) is 3.55. The molecule has 4 nitrogen and oxygen atoms in total. The summed E-state index contributed by atoms with van der Waals surface area (Å²) < 4.78 is 5.54. The van der Waals surface area contributed by atoms with E-state index in [0.717, 1.165) is 45.5 Å². The molecule has 2 saturated heterocycles. The molecule has 2 atom stereocenters. The standard InChI is InChI=1S/C12H22N2O2/c1-14(9-11-3-2-6-16-11)12(15)7-10-4-5-13-8-10/h10-11,13H,2-9H2,1H3. The Morgan fingerprint density at radius 2 is 2.38 bits per heavy atom. The van der Waals surface area contributed by atoms with E-state index >= 15 is 0 Å². The van der Waals surface area contributed by atoms with Crippen LogP contribution in [0.1, 0.15) is 25.7 Å². The SMILES string of the molecule is CN(CC1CCCO1)C(=O)CC1CCNC1. The summed E-state index contributed by atoms with van der Waals surface area (Å²) in [6.45, 7) is 3.69. The van der Waals surface area contributed by atoms with Crippen LogP contribution in [0.3, 0.4) is 0 Å². The summed E-state index contributed by atoms with van der Waals surface area (Å²) in [5, 5.41) is 3.29. The molecule has 1 N–H and O–H groups in total. The van der Waals surface area contributed by atoms with Gasteiger partial charge in [0.15, 0.2) is 0 Å². The fourth-order valence-electron chi connectivity index (χ4n) is 2.49. The van der Waals surface area contributed by atoms with Gasteiger partial charge in [0.1, 0.15) is 0 Å². The molecule has 4 heteroatoms. The molecule has 2 aliphatic heterocycles. The van der Waals surface area contributed by atoms with Crippen LogP contribution in [0, 0.1) is 5.92 Å². The van der Waals surface area contributed by atoms with Gasteiger partial charge in [-0.05, 0) is 38.3 Å². The molecule has 0 radical (unpaired) electrons. The van der Waals surface area contributed by atoms with Gasteiger partial charge in [-0.25, -0.2) is 0 Å². The number of hydrogen-bond acceptors (Lipinski definition) is 3. The minimum absolute atomic E-state index is 0.268. The lowest BCUT2D eigenvalue weighted by Crippen LogP contribution is -2.35. The van der Waals surface area contributed by atoms with Gasteiger partial charge in [0.05, 0.1) is 6.10 Å². The van der Waals surface area contributed by atoms with Gasteiger partial charge in [0.2, 0.25) is 5.91 Å². The third-order valence-corrected chi connectivity index (χ3v) is 3.55. The van der Waals surface area contributed by atoms with Crippen LogP contribution in [0.2, 0.25) is 0 Å². The zero-order valence-corrected chi connectivity index (χ0v) is 10.1. The number of likely N-dealkylation sites (N-methyl/N-ethyl adjacent to an activating group) is 1. The highest BCUT2D eigenvalue weighted by Gasteiger charge is 2.23. The Bertz CT molecular complexity index is 233. The van der Waals surface area contributed by atoms with E-state index in [0.29, 0.717) is 12.3 Å². The average Bonchev–Trinajstić information content (AvgIpc) is 2.90. The Morgan fingerprint density at radius 3 is 3.00 bits per heavy atom. The molecule has 0 aliphatic carbocycles. The van der Waals surface area contributed by atoms with Crippen molar-refractivity contribution < 1.29 is 9.53 Å². The summed E-state index contributed by atoms with van der Waals surface area (Å²) in [6, 6.07) is 0. The first-order valence-electron chi connectivity index (χ1n) is 6.32. The molecular weight excluding hydrogens is 204 g/mol. The zero-order valence-electron chi connectivity index (χ0n) is 10.1. The number of nitrogens with one attached hydrogen (secondary N) is 1. The number of ether oxygens (including phenoxy) is 1. The maximum absolute atomic E-state index is 11.9. The molecule has 0 saturated carbocycles. The van der Waals surface area contributed by atoms with Gasteiger partial charge in [-0.15, -0.1) is 0 Å². The van der Waals surface area contributed by atoms with Gasteiger partial charge >= 0.3 is 0 Å². The molecular formula is C12H22N2O2. The number of carbonyl (C=O) groups excluding carboxylic acids is 1. The van der Waals surface area contributed by atoms with Crippen molar-refractivity contribution in [2.24, 2.45) is 5.92 Å². The lowest BCUT2D eigenvalue weighted by molar-refractivity contribution is -0.132. The summed E-state index contributed by atoms with van der Waals surface area (Å²) >= 11 is 0. The van der Waals surface area contributed by atoms with Crippen molar-refractivity contribution in [3.05, 3.63) is 0 Å². The van der Waals surface area contributed by atoms with E-state index in [-0.39, 0.29) is 12.0 Å². The lowest BCUT2D eigenvalue weighted by Gasteiger charge is -2.22. The van der Waals surface area contributed by atoms with Crippen LogP contribution in [0.25, 0.3) is 0 Å². The maximum atomic E-state index is 11.9. The first-order chi connectivity index (χ1) is 7.75. The topological polar surface area (TPSA) is 41.6 Å². The van der Waals surface area contributed by atoms with Crippen molar-refractivity contribution in [1.29, 1.82) is 0 Å². The normalized spacial score (nSPS) is 29.6. The molecule has 2 unspecified atom stereocenters. The number of rotatable bonds is 4. The second-order valence-electron chi connectivity index (χ2n) is 4.97. The van der Waals surface area contributed by atoms with Crippen molar-refractivity contribution in [3.63, 3.8) is 0 Å². The monoisotopic (exact) mass is 226 g/mol. The van der Waals surface area contributed by atoms with Crippen molar-refractivity contribution in [3.8, 4) is 0 Å². The van der Waals surface area contributed by atoms with Gasteiger partial charge in [0.25, 0.3) is 0 Å². The molecule has 2 rings (SSSR count). The first kappa shape index (κ1) is 11.9. The minimum atomic E-state index is 0.268. The Labute approximate surface area is 97.3 Å². The molecule has 0 aromatic heterocycles. The van der Waals surface area contributed by atoms with Crippen LogP contribution in [0.15, 0.2) is 0 Å². The second kappa shape index (κ2) is 5.64. The molecule has 1 amide bonds. The van der Waals surface area contributed by atoms with Crippen molar-refractivity contribution in [2.75, 3.05) is 33.3 Å². The van der Waals surface area contributed by atoms with E-state index in [1.807, 2.05) is 11.9 Å².